The Morgan fingerprint density at radius 3 is 2.50 bits per heavy atom. The Kier molecular flexibility index (Phi) is 4.66. The van der Waals surface area contributed by atoms with Gasteiger partial charge in [0.1, 0.15) is 11.3 Å². The minimum absolute atomic E-state index is 0.125. The van der Waals surface area contributed by atoms with Gasteiger partial charge in [0.2, 0.25) is 6.79 Å². The molecule has 0 spiro atoms. The van der Waals surface area contributed by atoms with Crippen molar-refractivity contribution in [2.75, 3.05) is 13.9 Å². The lowest BCUT2D eigenvalue weighted by atomic mass is 9.87. The fraction of sp³-hybridized carbons (Fsp3) is 0.300. The maximum absolute atomic E-state index is 13.3. The smallest absolute Gasteiger partial charge is 0.325 e. The Labute approximate surface area is 170 Å². The molecule has 146 valence electrons. The summed E-state index contributed by atoms with van der Waals surface area (Å²) >= 11 is 3.48. The number of hydrogen-bond acceptors (Lipinski definition) is 5. The van der Waals surface area contributed by atoms with E-state index in [4.69, 9.17) is 14.2 Å². The maximum Gasteiger partial charge on any atom is 0.325 e. The van der Waals surface area contributed by atoms with Gasteiger partial charge in [-0.2, -0.15) is 0 Å². The molecular weight excluding hydrogens is 428 g/mol. The number of ether oxygens (including phenoxy) is 3. The van der Waals surface area contributed by atoms with E-state index in [0.717, 1.165) is 15.6 Å². The van der Waals surface area contributed by atoms with Crippen LogP contribution in [0.25, 0.3) is 0 Å². The number of urea groups is 1. The lowest BCUT2D eigenvalue weighted by Crippen LogP contribution is -2.43. The summed E-state index contributed by atoms with van der Waals surface area (Å²) < 4.78 is 16.7. The predicted molar refractivity (Wildman–Crippen MR) is 104 cm³/mol. The molecule has 1 saturated heterocycles. The van der Waals surface area contributed by atoms with Crippen molar-refractivity contribution in [3.63, 3.8) is 0 Å². The van der Waals surface area contributed by atoms with Gasteiger partial charge in [0.15, 0.2) is 11.5 Å². The summed E-state index contributed by atoms with van der Waals surface area (Å²) in [6.45, 7) is 2.16. The molecule has 2 aromatic carbocycles. The number of rotatable bonds is 5. The van der Waals surface area contributed by atoms with Gasteiger partial charge >= 0.3 is 6.03 Å². The lowest BCUT2D eigenvalue weighted by molar-refractivity contribution is -0.132. The number of halogens is 1. The first-order chi connectivity index (χ1) is 13.5. The van der Waals surface area contributed by atoms with Crippen LogP contribution in [0.5, 0.6) is 17.2 Å². The number of methoxy groups -OCH3 is 1. The highest BCUT2D eigenvalue weighted by Gasteiger charge is 2.51. The van der Waals surface area contributed by atoms with Gasteiger partial charge in [0.05, 0.1) is 13.7 Å². The minimum atomic E-state index is -1.09. The Bertz CT molecular complexity index is 946. The van der Waals surface area contributed by atoms with Crippen LogP contribution >= 0.6 is 15.9 Å². The van der Waals surface area contributed by atoms with E-state index in [-0.39, 0.29) is 19.2 Å². The van der Waals surface area contributed by atoms with Crippen molar-refractivity contribution in [1.82, 2.24) is 10.2 Å². The van der Waals surface area contributed by atoms with E-state index >= 15 is 0 Å². The second-order valence-electron chi connectivity index (χ2n) is 6.61. The van der Waals surface area contributed by atoms with Crippen molar-refractivity contribution >= 4 is 27.9 Å². The first-order valence-electron chi connectivity index (χ1n) is 8.85. The van der Waals surface area contributed by atoms with Crippen LogP contribution in [0.15, 0.2) is 40.9 Å². The first-order valence-corrected chi connectivity index (χ1v) is 9.64. The zero-order valence-electron chi connectivity index (χ0n) is 15.5. The zero-order valence-corrected chi connectivity index (χ0v) is 17.0. The molecule has 0 aliphatic carbocycles. The van der Waals surface area contributed by atoms with Crippen LogP contribution < -0.4 is 19.5 Å². The summed E-state index contributed by atoms with van der Waals surface area (Å²) in [5.41, 5.74) is 0.391. The minimum Gasteiger partial charge on any atom is -0.497 e. The highest BCUT2D eigenvalue weighted by atomic mass is 79.9. The van der Waals surface area contributed by atoms with E-state index in [1.54, 1.807) is 43.5 Å². The van der Waals surface area contributed by atoms with E-state index in [9.17, 15) is 9.59 Å². The molecule has 4 rings (SSSR count). The van der Waals surface area contributed by atoms with Crippen molar-refractivity contribution in [2.45, 2.75) is 25.4 Å². The number of amides is 3. The molecule has 28 heavy (non-hydrogen) atoms. The normalized spacial score (nSPS) is 20.5. The quantitative estimate of drug-likeness (QED) is 0.710. The first kappa shape index (κ1) is 18.6. The number of hydrogen-bond donors (Lipinski definition) is 1. The molecule has 8 heteroatoms. The summed E-state index contributed by atoms with van der Waals surface area (Å²) in [4.78, 5) is 27.2. The van der Waals surface area contributed by atoms with Crippen molar-refractivity contribution in [2.24, 2.45) is 0 Å². The second kappa shape index (κ2) is 7.01. The van der Waals surface area contributed by atoms with Crippen molar-refractivity contribution in [1.29, 1.82) is 0 Å². The molecule has 1 atom stereocenters. The van der Waals surface area contributed by atoms with Crippen LogP contribution in [-0.2, 0) is 16.9 Å². The average Bonchev–Trinajstić information content (AvgIpc) is 3.25. The topological polar surface area (TPSA) is 77.1 Å². The van der Waals surface area contributed by atoms with Gasteiger partial charge in [0.25, 0.3) is 5.91 Å². The summed E-state index contributed by atoms with van der Waals surface area (Å²) in [5, 5.41) is 2.89. The number of benzene rings is 2. The number of carbonyl (C=O) groups excluding carboxylic acids is 2. The largest absolute Gasteiger partial charge is 0.497 e. The molecule has 0 saturated carbocycles. The molecule has 1 unspecified atom stereocenters. The highest BCUT2D eigenvalue weighted by Crippen LogP contribution is 2.39. The van der Waals surface area contributed by atoms with Crippen molar-refractivity contribution in [3.8, 4) is 17.2 Å². The van der Waals surface area contributed by atoms with Gasteiger partial charge in [-0.25, -0.2) is 4.79 Å². The highest BCUT2D eigenvalue weighted by molar-refractivity contribution is 9.10. The van der Waals surface area contributed by atoms with Crippen LogP contribution in [0.2, 0.25) is 0 Å². The number of imide groups is 1. The molecule has 7 nitrogen and oxygen atoms in total. The third-order valence-corrected chi connectivity index (χ3v) is 5.90. The predicted octanol–water partition coefficient (Wildman–Crippen LogP) is 3.54. The summed E-state index contributed by atoms with van der Waals surface area (Å²) in [5.74, 6) is 1.64. The van der Waals surface area contributed by atoms with Gasteiger partial charge in [-0.15, -0.1) is 0 Å². The second-order valence-corrected chi connectivity index (χ2v) is 7.46. The number of nitrogens with one attached hydrogen (secondary N) is 1. The maximum atomic E-state index is 13.3. The number of nitrogens with zero attached hydrogens (tertiary/aromatic N) is 1. The average molecular weight is 447 g/mol. The van der Waals surface area contributed by atoms with Gasteiger partial charge < -0.3 is 19.5 Å². The van der Waals surface area contributed by atoms with E-state index in [1.807, 2.05) is 6.92 Å². The molecule has 1 N–H and O–H groups in total. The van der Waals surface area contributed by atoms with Crippen LogP contribution in [0.4, 0.5) is 4.79 Å². The number of fused-ring (bicyclic) bond motifs is 1. The molecular formula is C20H19BrN2O5. The Morgan fingerprint density at radius 1 is 1.18 bits per heavy atom. The molecule has 0 aromatic heterocycles. The lowest BCUT2D eigenvalue weighted by Gasteiger charge is -2.26. The third-order valence-electron chi connectivity index (χ3n) is 5.16. The molecule has 2 aliphatic heterocycles. The Morgan fingerprint density at radius 2 is 1.86 bits per heavy atom. The van der Waals surface area contributed by atoms with Gasteiger partial charge in [-0.3, -0.25) is 9.69 Å². The van der Waals surface area contributed by atoms with Crippen LogP contribution in [0.1, 0.15) is 24.5 Å². The van der Waals surface area contributed by atoms with E-state index < -0.39 is 11.6 Å². The molecule has 2 aromatic rings. The summed E-state index contributed by atoms with van der Waals surface area (Å²) in [6.07, 6.45) is 0.433. The molecule has 1 fully saturated rings. The van der Waals surface area contributed by atoms with Crippen LogP contribution in [0, 0.1) is 0 Å². The van der Waals surface area contributed by atoms with E-state index in [2.05, 4.69) is 21.2 Å². The Hall–Kier alpha value is -2.74. The Balaban J connectivity index is 1.64. The zero-order chi connectivity index (χ0) is 19.9. The van der Waals surface area contributed by atoms with Gasteiger partial charge in [0, 0.05) is 4.47 Å². The summed E-state index contributed by atoms with van der Waals surface area (Å²) in [7, 11) is 1.58. The third kappa shape index (κ3) is 2.88. The molecule has 0 bridgehead atoms. The van der Waals surface area contributed by atoms with Crippen LogP contribution in [-0.4, -0.2) is 30.7 Å². The molecule has 0 radical (unpaired) electrons. The van der Waals surface area contributed by atoms with Crippen molar-refractivity contribution in [3.05, 3.63) is 52.0 Å². The number of carbonyl (C=O) groups is 2. The standard InChI is InChI=1S/C20H19BrN2O5/c1-3-20(13-4-6-14(26-2)7-5-13)18(24)23(19(25)22-20)10-12-8-16-17(9-15(12)21)28-11-27-16/h4-9H,3,10-11H2,1-2H3,(H,22,25). The monoisotopic (exact) mass is 446 g/mol. The fourth-order valence-corrected chi connectivity index (χ4v) is 3.98. The van der Waals surface area contributed by atoms with Gasteiger partial charge in [-0.1, -0.05) is 35.0 Å². The summed E-state index contributed by atoms with van der Waals surface area (Å²) in [6, 6.07) is 10.3. The van der Waals surface area contributed by atoms with Gasteiger partial charge in [-0.05, 0) is 41.8 Å². The molecule has 3 amide bonds. The van der Waals surface area contributed by atoms with E-state index in [1.165, 1.54) is 4.90 Å². The molecule has 2 heterocycles. The van der Waals surface area contributed by atoms with Crippen LogP contribution in [0.3, 0.4) is 0 Å². The van der Waals surface area contributed by atoms with E-state index in [0.29, 0.717) is 23.7 Å². The fourth-order valence-electron chi connectivity index (χ4n) is 3.54. The van der Waals surface area contributed by atoms with Crippen molar-refractivity contribution < 1.29 is 23.8 Å². The molecule has 2 aliphatic rings. The SMILES string of the molecule is CCC1(c2ccc(OC)cc2)NC(=O)N(Cc2cc3c(cc2Br)OCO3)C1=O.